The molecule has 0 bridgehead atoms. The molecule has 6 rings (SSSR count). The molecule has 7 nitrogen and oxygen atoms in total. The number of benzene rings is 2. The molecule has 2 aromatic heterocycles. The second-order valence-electron chi connectivity index (χ2n) is 9.43. The van der Waals surface area contributed by atoms with Crippen molar-refractivity contribution in [3.63, 3.8) is 0 Å². The van der Waals surface area contributed by atoms with Crippen LogP contribution in [0.3, 0.4) is 0 Å². The van der Waals surface area contributed by atoms with E-state index in [1.807, 2.05) is 12.4 Å². The Morgan fingerprint density at radius 2 is 1.08 bits per heavy atom. The van der Waals surface area contributed by atoms with E-state index in [0.29, 0.717) is 43.3 Å². The van der Waals surface area contributed by atoms with Crippen LogP contribution in [0.2, 0.25) is 20.1 Å². The zero-order chi connectivity index (χ0) is 26.4. The summed E-state index contributed by atoms with van der Waals surface area (Å²) >= 11 is 25.8. The van der Waals surface area contributed by atoms with Crippen molar-refractivity contribution in [3.8, 4) is 11.4 Å². The Hall–Kier alpha value is -1.83. The molecule has 2 heterocycles. The Kier molecular flexibility index (Phi) is 7.62. The maximum absolute atomic E-state index is 13.0. The first-order valence-electron chi connectivity index (χ1n) is 12.2. The van der Waals surface area contributed by atoms with Crippen molar-refractivity contribution >= 4 is 54.7 Å². The third-order valence-corrected chi connectivity index (χ3v) is 8.77. The fourth-order valence-electron chi connectivity index (χ4n) is 4.60. The van der Waals surface area contributed by atoms with Crippen molar-refractivity contribution in [3.05, 3.63) is 91.4 Å². The van der Waals surface area contributed by atoms with Crippen LogP contribution in [0, 0.1) is 0 Å². The van der Waals surface area contributed by atoms with Gasteiger partial charge < -0.3 is 9.05 Å². The van der Waals surface area contributed by atoms with Crippen molar-refractivity contribution in [1.29, 1.82) is 0 Å². The van der Waals surface area contributed by atoms with Crippen molar-refractivity contribution in [2.45, 2.75) is 50.7 Å². The van der Waals surface area contributed by atoms with Gasteiger partial charge in [0.2, 0.25) is 0 Å². The highest BCUT2D eigenvalue weighted by molar-refractivity contribution is 7.33. The second kappa shape index (κ2) is 11.0. The van der Waals surface area contributed by atoms with Crippen LogP contribution in [0.1, 0.15) is 60.0 Å². The van der Waals surface area contributed by atoms with E-state index in [1.165, 1.54) is 0 Å². The van der Waals surface area contributed by atoms with E-state index < -0.39 is 8.25 Å². The molecule has 2 aromatic carbocycles. The van der Waals surface area contributed by atoms with Crippen LogP contribution in [0.15, 0.2) is 48.8 Å². The first-order valence-corrected chi connectivity index (χ1v) is 15.0. The largest absolute Gasteiger partial charge is 0.319 e. The highest BCUT2D eigenvalue weighted by atomic mass is 35.5. The van der Waals surface area contributed by atoms with E-state index in [4.69, 9.17) is 55.5 Å². The minimum absolute atomic E-state index is 0.0380. The Morgan fingerprint density at radius 1 is 0.711 bits per heavy atom. The summed E-state index contributed by atoms with van der Waals surface area (Å²) in [6, 6.07) is 10.6. The van der Waals surface area contributed by atoms with Gasteiger partial charge in [0, 0.05) is 0 Å². The average Bonchev–Trinajstić information content (AvgIpc) is 3.82. The van der Waals surface area contributed by atoms with Gasteiger partial charge in [-0.15, -0.1) is 0 Å². The third kappa shape index (κ3) is 5.31. The first-order chi connectivity index (χ1) is 18.4. The van der Waals surface area contributed by atoms with Crippen molar-refractivity contribution in [2.75, 3.05) is 0 Å². The number of halogens is 4. The van der Waals surface area contributed by atoms with Crippen LogP contribution >= 0.6 is 54.7 Å². The van der Waals surface area contributed by atoms with E-state index in [-0.39, 0.29) is 13.2 Å². The van der Waals surface area contributed by atoms with Gasteiger partial charge in [0.15, 0.2) is 0 Å². The molecule has 0 atom stereocenters. The van der Waals surface area contributed by atoms with Gasteiger partial charge in [-0.3, -0.25) is 4.57 Å². The lowest BCUT2D eigenvalue weighted by Gasteiger charge is -2.14. The summed E-state index contributed by atoms with van der Waals surface area (Å²) in [5, 5.41) is 10.9. The Balaban J connectivity index is 1.21. The molecular formula is C26H23Cl4N4O3P. The molecule has 0 unspecified atom stereocenters. The van der Waals surface area contributed by atoms with Gasteiger partial charge in [-0.1, -0.05) is 58.5 Å². The maximum atomic E-state index is 13.0. The lowest BCUT2D eigenvalue weighted by atomic mass is 10.1. The number of hydrogen-bond donors (Lipinski definition) is 0. The van der Waals surface area contributed by atoms with Crippen LogP contribution in [-0.2, 0) is 26.8 Å². The molecule has 198 valence electrons. The fraction of sp³-hybridized carbons (Fsp3) is 0.308. The molecule has 2 fully saturated rings. The molecular weight excluding hydrogens is 589 g/mol. The number of hydrogen-bond acceptors (Lipinski definition) is 5. The summed E-state index contributed by atoms with van der Waals surface area (Å²) in [7, 11) is -2.88. The lowest BCUT2D eigenvalue weighted by Crippen LogP contribution is -2.07. The van der Waals surface area contributed by atoms with Crippen LogP contribution in [0.4, 0.5) is 0 Å². The molecule has 0 spiro atoms. The second-order valence-corrected chi connectivity index (χ2v) is 12.1. The van der Waals surface area contributed by atoms with Crippen LogP contribution < -0.4 is 0 Å². The topological polar surface area (TPSA) is 71.2 Å². The zero-order valence-electron chi connectivity index (χ0n) is 20.0. The summed E-state index contributed by atoms with van der Waals surface area (Å²) in [6.45, 7) is 0.0759. The molecule has 2 aliphatic carbocycles. The highest BCUT2D eigenvalue weighted by Crippen LogP contribution is 2.45. The number of aromatic nitrogens is 4. The molecule has 12 heteroatoms. The van der Waals surface area contributed by atoms with Crippen molar-refractivity contribution < 1.29 is 13.6 Å². The van der Waals surface area contributed by atoms with Gasteiger partial charge in [0.05, 0.1) is 57.1 Å². The van der Waals surface area contributed by atoms with Crippen molar-refractivity contribution in [1.82, 2.24) is 19.6 Å². The summed E-state index contributed by atoms with van der Waals surface area (Å²) in [5.41, 5.74) is 4.73. The minimum Gasteiger partial charge on any atom is -0.304 e. The molecule has 0 aliphatic heterocycles. The standard InChI is InChI=1S/C26H23Cl4N4O3P/c27-19-3-1-4-20(28)25(19)33-23(17(11-31-33)15-7-8-15)13-36-38(35)37-14-24-18(16-9-10-16)12-32-34(24)26-21(29)5-2-6-22(26)30/h1-6,11-12,15-16,38H,7-10,13-14H2. The van der Waals surface area contributed by atoms with E-state index in [9.17, 15) is 4.57 Å². The summed E-state index contributed by atoms with van der Waals surface area (Å²) < 4.78 is 27.8. The normalized spacial score (nSPS) is 15.5. The smallest absolute Gasteiger partial charge is 0.304 e. The fourth-order valence-corrected chi connectivity index (χ4v) is 6.30. The van der Waals surface area contributed by atoms with Gasteiger partial charge >= 0.3 is 8.25 Å². The van der Waals surface area contributed by atoms with Gasteiger partial charge in [0.25, 0.3) is 0 Å². The molecule has 0 N–H and O–H groups in total. The quantitative estimate of drug-likeness (QED) is 0.168. The lowest BCUT2D eigenvalue weighted by molar-refractivity contribution is 0.206. The Bertz CT molecular complexity index is 1380. The summed E-state index contributed by atoms with van der Waals surface area (Å²) in [4.78, 5) is 0. The van der Waals surface area contributed by atoms with E-state index in [2.05, 4.69) is 10.2 Å². The summed E-state index contributed by atoms with van der Waals surface area (Å²) in [5.74, 6) is 0.783. The molecule has 0 amide bonds. The Morgan fingerprint density at radius 3 is 1.42 bits per heavy atom. The van der Waals surface area contributed by atoms with Crippen LogP contribution in [0.5, 0.6) is 0 Å². The van der Waals surface area contributed by atoms with Crippen LogP contribution in [0.25, 0.3) is 11.4 Å². The number of rotatable bonds is 10. The SMILES string of the molecule is O=[PH](OCc1c(C2CC2)cnn1-c1c(Cl)cccc1Cl)OCc1c(C2CC2)cnn1-c1c(Cl)cccc1Cl. The maximum Gasteiger partial charge on any atom is 0.319 e. The molecule has 4 aromatic rings. The number of nitrogens with zero attached hydrogens (tertiary/aromatic N) is 4. The van der Waals surface area contributed by atoms with Crippen LogP contribution in [-0.4, -0.2) is 19.6 Å². The third-order valence-electron chi connectivity index (χ3n) is 6.79. The number of para-hydroxylation sites is 2. The molecule has 38 heavy (non-hydrogen) atoms. The predicted molar refractivity (Wildman–Crippen MR) is 150 cm³/mol. The van der Waals surface area contributed by atoms with Gasteiger partial charge in [0.1, 0.15) is 11.4 Å². The zero-order valence-corrected chi connectivity index (χ0v) is 24.1. The van der Waals surface area contributed by atoms with E-state index in [0.717, 1.165) is 48.2 Å². The molecule has 0 saturated heterocycles. The monoisotopic (exact) mass is 610 g/mol. The Labute approximate surface area is 240 Å². The van der Waals surface area contributed by atoms with Gasteiger partial charge in [-0.25, -0.2) is 9.36 Å². The average molecular weight is 612 g/mol. The van der Waals surface area contributed by atoms with Crippen molar-refractivity contribution in [2.24, 2.45) is 0 Å². The predicted octanol–water partition coefficient (Wildman–Crippen LogP) is 8.55. The van der Waals surface area contributed by atoms with Gasteiger partial charge in [-0.2, -0.15) is 10.2 Å². The summed E-state index contributed by atoms with van der Waals surface area (Å²) in [6.07, 6.45) is 7.89. The molecule has 2 aliphatic rings. The van der Waals surface area contributed by atoms with Gasteiger partial charge in [-0.05, 0) is 72.9 Å². The first kappa shape index (κ1) is 26.4. The van der Waals surface area contributed by atoms with E-state index in [1.54, 1.807) is 45.8 Å². The molecule has 0 radical (unpaired) electrons. The minimum atomic E-state index is -2.88. The highest BCUT2D eigenvalue weighted by Gasteiger charge is 2.31. The van der Waals surface area contributed by atoms with E-state index >= 15 is 0 Å². The molecule has 2 saturated carbocycles.